The molecule has 1 unspecified atom stereocenters. The summed E-state index contributed by atoms with van der Waals surface area (Å²) in [7, 11) is 0. The van der Waals surface area contributed by atoms with E-state index in [4.69, 9.17) is 11.6 Å². The largest absolute Gasteiger partial charge is 0.325 e. The highest BCUT2D eigenvalue weighted by atomic mass is 35.5. The lowest BCUT2D eigenvalue weighted by molar-refractivity contribution is 0.559. The van der Waals surface area contributed by atoms with Crippen LogP contribution in [0.1, 0.15) is 18.1 Å². The quantitative estimate of drug-likeness (QED) is 0.784. The van der Waals surface area contributed by atoms with Crippen molar-refractivity contribution in [3.63, 3.8) is 0 Å². The van der Waals surface area contributed by atoms with Gasteiger partial charge in [0, 0.05) is 24.0 Å². The lowest BCUT2D eigenvalue weighted by atomic mass is 9.94. The molecule has 0 saturated carbocycles. The van der Waals surface area contributed by atoms with Crippen LogP contribution in [0.25, 0.3) is 0 Å². The Morgan fingerprint density at radius 3 is 3.05 bits per heavy atom. The minimum atomic E-state index is 0.434. The van der Waals surface area contributed by atoms with E-state index in [1.807, 2.05) is 0 Å². The van der Waals surface area contributed by atoms with Crippen LogP contribution in [0.15, 0.2) is 36.8 Å². The molecule has 1 aliphatic rings. The van der Waals surface area contributed by atoms with Gasteiger partial charge in [0.05, 0.1) is 5.88 Å². The number of nitrogens with zero attached hydrogens (tertiary/aromatic N) is 3. The maximum absolute atomic E-state index is 6.01. The van der Waals surface area contributed by atoms with E-state index >= 15 is 0 Å². The molecule has 98 valence electrons. The van der Waals surface area contributed by atoms with Crippen LogP contribution in [0.2, 0.25) is 0 Å². The summed E-state index contributed by atoms with van der Waals surface area (Å²) in [5.41, 5.74) is 3.60. The predicted octanol–water partition coefficient (Wildman–Crippen LogP) is 3.55. The molecule has 1 aliphatic heterocycles. The summed E-state index contributed by atoms with van der Waals surface area (Å²) in [6.45, 7) is 3.24. The lowest BCUT2D eigenvalue weighted by Crippen LogP contribution is -2.31. The molecular formula is C15H16ClN3. The first-order valence-corrected chi connectivity index (χ1v) is 7.03. The lowest BCUT2D eigenvalue weighted by Gasteiger charge is -2.34. The van der Waals surface area contributed by atoms with Crippen LogP contribution in [-0.4, -0.2) is 16.5 Å². The SMILES string of the molecule is CC1Cc2ccccc2N(c2ncncc2CCl)C1. The molecule has 1 aromatic heterocycles. The molecule has 4 heteroatoms. The normalized spacial score (nSPS) is 18.2. The second-order valence-electron chi connectivity index (χ2n) is 5.05. The molecule has 0 amide bonds. The first kappa shape index (κ1) is 12.4. The van der Waals surface area contributed by atoms with Gasteiger partial charge in [-0.25, -0.2) is 9.97 Å². The fraction of sp³-hybridized carbons (Fsp3) is 0.333. The Morgan fingerprint density at radius 1 is 1.37 bits per heavy atom. The van der Waals surface area contributed by atoms with E-state index in [1.54, 1.807) is 12.5 Å². The van der Waals surface area contributed by atoms with Crippen LogP contribution in [0.3, 0.4) is 0 Å². The molecule has 0 bridgehead atoms. The van der Waals surface area contributed by atoms with E-state index in [1.165, 1.54) is 11.3 Å². The Hall–Kier alpha value is -1.61. The maximum Gasteiger partial charge on any atom is 0.140 e. The van der Waals surface area contributed by atoms with Gasteiger partial charge in [-0.1, -0.05) is 25.1 Å². The van der Waals surface area contributed by atoms with Gasteiger partial charge in [-0.05, 0) is 24.0 Å². The summed E-state index contributed by atoms with van der Waals surface area (Å²) < 4.78 is 0. The molecular weight excluding hydrogens is 258 g/mol. The predicted molar refractivity (Wildman–Crippen MR) is 77.9 cm³/mol. The Balaban J connectivity index is 2.10. The van der Waals surface area contributed by atoms with Gasteiger partial charge in [0.2, 0.25) is 0 Å². The van der Waals surface area contributed by atoms with Crippen LogP contribution in [0.5, 0.6) is 0 Å². The molecule has 0 N–H and O–H groups in total. The molecule has 1 atom stereocenters. The molecule has 3 rings (SSSR count). The van der Waals surface area contributed by atoms with Gasteiger partial charge < -0.3 is 4.90 Å². The Morgan fingerprint density at radius 2 is 2.21 bits per heavy atom. The van der Waals surface area contributed by atoms with Gasteiger partial charge in [-0.3, -0.25) is 0 Å². The summed E-state index contributed by atoms with van der Waals surface area (Å²) in [5, 5.41) is 0. The van der Waals surface area contributed by atoms with E-state index in [2.05, 4.69) is 46.1 Å². The number of aromatic nitrogens is 2. The smallest absolute Gasteiger partial charge is 0.140 e. The van der Waals surface area contributed by atoms with Crippen LogP contribution in [0.4, 0.5) is 11.5 Å². The van der Waals surface area contributed by atoms with Crippen molar-refractivity contribution in [1.29, 1.82) is 0 Å². The molecule has 0 fully saturated rings. The van der Waals surface area contributed by atoms with E-state index in [-0.39, 0.29) is 0 Å². The monoisotopic (exact) mass is 273 g/mol. The second-order valence-corrected chi connectivity index (χ2v) is 5.32. The number of halogens is 1. The number of benzene rings is 1. The minimum absolute atomic E-state index is 0.434. The van der Waals surface area contributed by atoms with Gasteiger partial charge in [-0.15, -0.1) is 11.6 Å². The second kappa shape index (κ2) is 5.17. The van der Waals surface area contributed by atoms with Crippen molar-refractivity contribution in [3.05, 3.63) is 47.9 Å². The van der Waals surface area contributed by atoms with Crippen LogP contribution in [-0.2, 0) is 12.3 Å². The van der Waals surface area contributed by atoms with Gasteiger partial charge in [-0.2, -0.15) is 0 Å². The Kier molecular flexibility index (Phi) is 3.38. The van der Waals surface area contributed by atoms with Gasteiger partial charge >= 0.3 is 0 Å². The summed E-state index contributed by atoms with van der Waals surface area (Å²) >= 11 is 6.01. The third kappa shape index (κ3) is 2.30. The first-order chi connectivity index (χ1) is 9.29. The zero-order chi connectivity index (χ0) is 13.2. The number of para-hydroxylation sites is 1. The number of rotatable bonds is 2. The van der Waals surface area contributed by atoms with Crippen LogP contribution < -0.4 is 4.90 Å². The Bertz CT molecular complexity index is 585. The highest BCUT2D eigenvalue weighted by Gasteiger charge is 2.24. The number of hydrogen-bond acceptors (Lipinski definition) is 3. The number of hydrogen-bond donors (Lipinski definition) is 0. The molecule has 2 aromatic rings. The van der Waals surface area contributed by atoms with Crippen molar-refractivity contribution in [2.75, 3.05) is 11.4 Å². The standard InChI is InChI=1S/C15H16ClN3/c1-11-6-12-4-2-3-5-14(12)19(9-11)15-13(7-16)8-17-10-18-15/h2-5,8,10-11H,6-7,9H2,1H3. The summed E-state index contributed by atoms with van der Waals surface area (Å²) in [5.74, 6) is 1.97. The third-order valence-corrected chi connectivity index (χ3v) is 3.80. The number of anilines is 2. The Labute approximate surface area is 118 Å². The van der Waals surface area contributed by atoms with Crippen molar-refractivity contribution in [2.24, 2.45) is 5.92 Å². The molecule has 1 aromatic carbocycles. The molecule has 0 aliphatic carbocycles. The molecule has 19 heavy (non-hydrogen) atoms. The highest BCUT2D eigenvalue weighted by Crippen LogP contribution is 2.35. The molecule has 2 heterocycles. The maximum atomic E-state index is 6.01. The van der Waals surface area contributed by atoms with Crippen molar-refractivity contribution in [2.45, 2.75) is 19.2 Å². The molecule has 3 nitrogen and oxygen atoms in total. The number of fused-ring (bicyclic) bond motifs is 1. The van der Waals surface area contributed by atoms with Crippen molar-refractivity contribution >= 4 is 23.1 Å². The highest BCUT2D eigenvalue weighted by molar-refractivity contribution is 6.17. The van der Waals surface area contributed by atoms with Crippen molar-refractivity contribution < 1.29 is 0 Å². The van der Waals surface area contributed by atoms with Crippen molar-refractivity contribution in [1.82, 2.24) is 9.97 Å². The summed E-state index contributed by atoms with van der Waals surface area (Å²) in [6.07, 6.45) is 4.51. The molecule has 0 radical (unpaired) electrons. The van der Waals surface area contributed by atoms with Crippen molar-refractivity contribution in [3.8, 4) is 0 Å². The third-order valence-electron chi connectivity index (χ3n) is 3.51. The average molecular weight is 274 g/mol. The van der Waals surface area contributed by atoms with Gasteiger partial charge in [0.1, 0.15) is 12.1 Å². The zero-order valence-electron chi connectivity index (χ0n) is 10.9. The first-order valence-electron chi connectivity index (χ1n) is 6.50. The van der Waals surface area contributed by atoms with E-state index in [0.29, 0.717) is 11.8 Å². The number of alkyl halides is 1. The summed E-state index contributed by atoms with van der Waals surface area (Å²) in [4.78, 5) is 10.8. The fourth-order valence-corrected chi connectivity index (χ4v) is 2.88. The van der Waals surface area contributed by atoms with Crippen LogP contribution >= 0.6 is 11.6 Å². The van der Waals surface area contributed by atoms with E-state index in [0.717, 1.165) is 24.3 Å². The van der Waals surface area contributed by atoms with E-state index in [9.17, 15) is 0 Å². The zero-order valence-corrected chi connectivity index (χ0v) is 11.6. The van der Waals surface area contributed by atoms with Gasteiger partial charge in [0.25, 0.3) is 0 Å². The molecule has 0 saturated heterocycles. The van der Waals surface area contributed by atoms with Crippen LogP contribution in [0, 0.1) is 5.92 Å². The minimum Gasteiger partial charge on any atom is -0.325 e. The van der Waals surface area contributed by atoms with E-state index < -0.39 is 0 Å². The fourth-order valence-electron chi connectivity index (χ4n) is 2.69. The topological polar surface area (TPSA) is 29.0 Å². The van der Waals surface area contributed by atoms with Gasteiger partial charge in [0.15, 0.2) is 0 Å². The summed E-state index contributed by atoms with van der Waals surface area (Å²) in [6, 6.07) is 8.52. The molecule has 0 spiro atoms. The average Bonchev–Trinajstić information content (AvgIpc) is 2.46.